The molecule has 0 saturated carbocycles. The molecule has 0 amide bonds. The Balaban J connectivity index is 0.00000420. The van der Waals surface area contributed by atoms with Gasteiger partial charge in [-0.2, -0.15) is 4.31 Å². The van der Waals surface area contributed by atoms with Crippen molar-refractivity contribution >= 4 is 51.3 Å². The average molecular weight is 552 g/mol. The van der Waals surface area contributed by atoms with Gasteiger partial charge in [-0.05, 0) is 37.6 Å². The molecule has 0 radical (unpaired) electrons. The fraction of sp³-hybridized carbons (Fsp3) is 0.474. The molecule has 0 aliphatic rings. The Hall–Kier alpha value is -1.24. The van der Waals surface area contributed by atoms with Gasteiger partial charge in [0.25, 0.3) is 10.0 Å². The van der Waals surface area contributed by atoms with Gasteiger partial charge < -0.3 is 10.6 Å². The lowest BCUT2D eigenvalue weighted by atomic mass is 10.3. The van der Waals surface area contributed by atoms with Crippen LogP contribution in [0, 0.1) is 0 Å². The number of nitrogens with one attached hydrogen (secondary N) is 2. The van der Waals surface area contributed by atoms with Gasteiger partial charge in [-0.25, -0.2) is 13.4 Å². The average Bonchev–Trinajstić information content (AvgIpc) is 3.17. The summed E-state index contributed by atoms with van der Waals surface area (Å²) in [6.07, 6.45) is 2.48. The second-order valence-electron chi connectivity index (χ2n) is 6.00. The van der Waals surface area contributed by atoms with E-state index in [1.165, 1.54) is 15.6 Å². The van der Waals surface area contributed by atoms with Crippen LogP contribution in [0.3, 0.4) is 0 Å². The van der Waals surface area contributed by atoms with Crippen LogP contribution in [-0.4, -0.2) is 49.8 Å². The number of aromatic nitrogens is 1. The van der Waals surface area contributed by atoms with Crippen molar-refractivity contribution < 1.29 is 8.42 Å². The Bertz CT molecular complexity index is 852. The highest BCUT2D eigenvalue weighted by molar-refractivity contribution is 14.0. The number of aliphatic imine (C=N–C) groups is 1. The van der Waals surface area contributed by atoms with E-state index >= 15 is 0 Å². The lowest BCUT2D eigenvalue weighted by molar-refractivity contribution is 0.447. The van der Waals surface area contributed by atoms with E-state index in [4.69, 9.17) is 0 Å². The molecule has 2 rings (SSSR count). The van der Waals surface area contributed by atoms with Crippen LogP contribution < -0.4 is 10.6 Å². The fourth-order valence-corrected chi connectivity index (χ4v) is 5.59. The van der Waals surface area contributed by atoms with Crippen molar-refractivity contribution in [2.45, 2.75) is 37.9 Å². The number of halogens is 1. The number of thiophene rings is 1. The second kappa shape index (κ2) is 13.1. The first-order valence-corrected chi connectivity index (χ1v) is 11.8. The van der Waals surface area contributed by atoms with Crippen molar-refractivity contribution in [3.05, 3.63) is 47.1 Å². The van der Waals surface area contributed by atoms with Gasteiger partial charge in [0.05, 0.1) is 12.2 Å². The zero-order valence-corrected chi connectivity index (χ0v) is 21.1. The highest BCUT2D eigenvalue weighted by Gasteiger charge is 2.23. The minimum atomic E-state index is -3.38. The summed E-state index contributed by atoms with van der Waals surface area (Å²) in [4.78, 5) is 9.83. The number of pyridine rings is 1. The summed E-state index contributed by atoms with van der Waals surface area (Å²) in [5.74, 6) is 0.723. The zero-order valence-electron chi connectivity index (χ0n) is 17.1. The fourth-order valence-electron chi connectivity index (χ4n) is 2.62. The largest absolute Gasteiger partial charge is 0.357 e. The smallest absolute Gasteiger partial charge is 0.252 e. The summed E-state index contributed by atoms with van der Waals surface area (Å²) in [5, 5.41) is 6.50. The van der Waals surface area contributed by atoms with Crippen molar-refractivity contribution in [2.75, 3.05) is 26.2 Å². The molecule has 0 bridgehead atoms. The number of nitrogens with zero attached hydrogens (tertiary/aromatic N) is 3. The van der Waals surface area contributed by atoms with Gasteiger partial charge in [-0.15, -0.1) is 35.3 Å². The molecule has 0 unspecified atom stereocenters. The normalized spacial score (nSPS) is 11.9. The van der Waals surface area contributed by atoms with Gasteiger partial charge in [0.2, 0.25) is 0 Å². The van der Waals surface area contributed by atoms with Gasteiger partial charge in [-0.3, -0.25) is 4.98 Å². The van der Waals surface area contributed by atoms with E-state index in [2.05, 4.69) is 20.6 Å². The topological polar surface area (TPSA) is 86.7 Å². The van der Waals surface area contributed by atoms with Crippen molar-refractivity contribution in [2.24, 2.45) is 4.99 Å². The molecule has 7 nitrogen and oxygen atoms in total. The monoisotopic (exact) mass is 551 g/mol. The van der Waals surface area contributed by atoms with Crippen molar-refractivity contribution in [1.82, 2.24) is 19.9 Å². The lowest BCUT2D eigenvalue weighted by Gasteiger charge is -2.16. The van der Waals surface area contributed by atoms with Crippen LogP contribution in [0.2, 0.25) is 0 Å². The highest BCUT2D eigenvalue weighted by Crippen LogP contribution is 2.25. The maximum absolute atomic E-state index is 12.6. The summed E-state index contributed by atoms with van der Waals surface area (Å²) in [6.45, 7) is 8.61. The molecular weight excluding hydrogens is 521 g/mol. The Kier molecular flexibility index (Phi) is 11.7. The number of guanidine groups is 1. The Labute approximate surface area is 195 Å². The molecule has 0 saturated heterocycles. The van der Waals surface area contributed by atoms with Crippen LogP contribution >= 0.6 is 35.3 Å². The third-order valence-corrected chi connectivity index (χ3v) is 7.73. The number of hydrogen-bond donors (Lipinski definition) is 2. The van der Waals surface area contributed by atoms with E-state index in [-0.39, 0.29) is 24.0 Å². The maximum Gasteiger partial charge on any atom is 0.252 e. The molecule has 0 aliphatic carbocycles. The summed E-state index contributed by atoms with van der Waals surface area (Å²) >= 11 is 1.33. The second-order valence-corrected chi connectivity index (χ2v) is 9.34. The summed E-state index contributed by atoms with van der Waals surface area (Å²) < 4.78 is 27.0. The lowest BCUT2D eigenvalue weighted by Crippen LogP contribution is -2.38. The molecule has 10 heteroatoms. The van der Waals surface area contributed by atoms with Crippen LogP contribution in [0.1, 0.15) is 31.3 Å². The molecule has 0 atom stereocenters. The Morgan fingerprint density at radius 1 is 1.14 bits per heavy atom. The molecule has 2 heterocycles. The van der Waals surface area contributed by atoms with Gasteiger partial charge >= 0.3 is 0 Å². The maximum atomic E-state index is 12.6. The molecule has 0 aromatic carbocycles. The quantitative estimate of drug-likeness (QED) is 0.269. The molecule has 0 fully saturated rings. The minimum Gasteiger partial charge on any atom is -0.357 e. The van der Waals surface area contributed by atoms with E-state index in [1.54, 1.807) is 12.3 Å². The highest BCUT2D eigenvalue weighted by atomic mass is 127. The summed E-state index contributed by atoms with van der Waals surface area (Å²) in [7, 11) is -3.38. The summed E-state index contributed by atoms with van der Waals surface area (Å²) in [5.41, 5.74) is 0.907. The van der Waals surface area contributed by atoms with Crippen molar-refractivity contribution in [3.8, 4) is 0 Å². The van der Waals surface area contributed by atoms with Crippen LogP contribution in [0.4, 0.5) is 0 Å². The SMILES string of the molecule is CCNC(=NCc1ccccn1)NCCc1ccc(S(=O)(=O)N(CC)CC)s1.I. The predicted octanol–water partition coefficient (Wildman–Crippen LogP) is 3.09. The molecule has 0 aliphatic heterocycles. The van der Waals surface area contributed by atoms with E-state index in [0.717, 1.165) is 29.5 Å². The standard InChI is InChI=1S/C19H29N5O2S2.HI/c1-4-20-19(23-15-16-9-7-8-13-21-16)22-14-12-17-10-11-18(27-17)28(25,26)24(5-2)6-3;/h7-11,13H,4-6,12,14-15H2,1-3H3,(H2,20,22,23);1H. The van der Waals surface area contributed by atoms with E-state index < -0.39 is 10.0 Å². The number of rotatable bonds is 10. The number of hydrogen-bond acceptors (Lipinski definition) is 5. The predicted molar refractivity (Wildman–Crippen MR) is 131 cm³/mol. The van der Waals surface area contributed by atoms with E-state index in [0.29, 0.717) is 30.4 Å². The van der Waals surface area contributed by atoms with Gasteiger partial charge in [0.1, 0.15) is 4.21 Å². The van der Waals surface area contributed by atoms with Gasteiger partial charge in [0.15, 0.2) is 5.96 Å². The van der Waals surface area contributed by atoms with Crippen LogP contribution in [0.25, 0.3) is 0 Å². The van der Waals surface area contributed by atoms with Crippen LogP contribution in [0.5, 0.6) is 0 Å². The first-order valence-electron chi connectivity index (χ1n) is 9.52. The zero-order chi connectivity index (χ0) is 20.4. The molecular formula is C19H30IN5O2S2. The number of sulfonamides is 1. The van der Waals surface area contributed by atoms with E-state index in [9.17, 15) is 8.42 Å². The molecule has 2 N–H and O–H groups in total. The first kappa shape index (κ1) is 25.8. The van der Waals surface area contributed by atoms with Crippen LogP contribution in [0.15, 0.2) is 45.7 Å². The van der Waals surface area contributed by atoms with Crippen molar-refractivity contribution in [3.63, 3.8) is 0 Å². The molecule has 2 aromatic rings. The molecule has 29 heavy (non-hydrogen) atoms. The van der Waals surface area contributed by atoms with Crippen LogP contribution in [-0.2, 0) is 23.0 Å². The van der Waals surface area contributed by atoms with E-state index in [1.807, 2.05) is 45.0 Å². The first-order chi connectivity index (χ1) is 13.5. The molecule has 0 spiro atoms. The summed E-state index contributed by atoms with van der Waals surface area (Å²) in [6, 6.07) is 9.36. The Morgan fingerprint density at radius 3 is 2.52 bits per heavy atom. The third kappa shape index (κ3) is 7.83. The molecule has 2 aromatic heterocycles. The van der Waals surface area contributed by atoms with Gasteiger partial charge in [-0.1, -0.05) is 19.9 Å². The third-order valence-electron chi connectivity index (χ3n) is 4.07. The molecule has 162 valence electrons. The van der Waals surface area contributed by atoms with Crippen molar-refractivity contribution in [1.29, 1.82) is 0 Å². The van der Waals surface area contributed by atoms with Gasteiger partial charge in [0, 0.05) is 37.3 Å². The Morgan fingerprint density at radius 2 is 1.90 bits per heavy atom. The minimum absolute atomic E-state index is 0.